The first-order chi connectivity index (χ1) is 17.2. The molecule has 3 heterocycles. The van der Waals surface area contributed by atoms with Crippen molar-refractivity contribution >= 4 is 37.5 Å². The summed E-state index contributed by atoms with van der Waals surface area (Å²) in [5, 5.41) is 1.01. The van der Waals surface area contributed by atoms with Gasteiger partial charge in [-0.05, 0) is 37.5 Å². The molecule has 2 N–H and O–H groups in total. The fourth-order valence-corrected chi connectivity index (χ4v) is 6.27. The van der Waals surface area contributed by atoms with Crippen molar-refractivity contribution in [1.29, 1.82) is 0 Å². The molecule has 1 aliphatic heterocycles. The number of fused-ring (bicyclic) bond motifs is 1. The van der Waals surface area contributed by atoms with E-state index in [-0.39, 0.29) is 35.0 Å². The first-order valence-corrected chi connectivity index (χ1v) is 12.5. The number of nitrogen functional groups attached to an aromatic ring is 1. The molecule has 36 heavy (non-hydrogen) atoms. The Morgan fingerprint density at radius 1 is 1.28 bits per heavy atom. The molecule has 10 heteroatoms. The molecule has 0 spiro atoms. The van der Waals surface area contributed by atoms with E-state index >= 15 is 4.39 Å². The summed E-state index contributed by atoms with van der Waals surface area (Å²) >= 11 is 1.13. The monoisotopic (exact) mass is 515 g/mol. The standard InChI is InChI=1S/C26H27F2N3O4S/c1-6-13(9-33-4)16-10-35-22-11(2)17(14-7-8-15(27)23-18(14)12(3)24(29)36-23)19(28)20-21(22)31(16)26(32)25(30-20)34-5/h7-8,13,16H,6,9-10,29H2,1-5H3. The van der Waals surface area contributed by atoms with Crippen LogP contribution in [-0.4, -0.2) is 37.0 Å². The smallest absolute Gasteiger partial charge is 0.314 e. The Morgan fingerprint density at radius 3 is 2.69 bits per heavy atom. The molecule has 4 aromatic rings. The summed E-state index contributed by atoms with van der Waals surface area (Å²) in [6, 6.07) is 2.46. The van der Waals surface area contributed by atoms with Crippen LogP contribution >= 0.6 is 11.3 Å². The van der Waals surface area contributed by atoms with Crippen LogP contribution in [0.4, 0.5) is 13.8 Å². The molecular formula is C26H27F2N3O4S. The molecule has 0 amide bonds. The Balaban J connectivity index is 1.90. The highest BCUT2D eigenvalue weighted by atomic mass is 32.1. The summed E-state index contributed by atoms with van der Waals surface area (Å²) in [6.07, 6.45) is 0.724. The summed E-state index contributed by atoms with van der Waals surface area (Å²) in [6.45, 7) is 6.13. The van der Waals surface area contributed by atoms with E-state index in [1.807, 2.05) is 6.92 Å². The van der Waals surface area contributed by atoms with Crippen LogP contribution in [0.2, 0.25) is 0 Å². The molecule has 0 bridgehead atoms. The number of thiophene rings is 1. The van der Waals surface area contributed by atoms with Gasteiger partial charge >= 0.3 is 5.56 Å². The van der Waals surface area contributed by atoms with Crippen LogP contribution in [0.1, 0.15) is 30.5 Å². The van der Waals surface area contributed by atoms with Crippen LogP contribution in [0.3, 0.4) is 0 Å². The summed E-state index contributed by atoms with van der Waals surface area (Å²) in [5.41, 5.74) is 7.79. The van der Waals surface area contributed by atoms with Crippen LogP contribution in [0.25, 0.3) is 32.2 Å². The van der Waals surface area contributed by atoms with Crippen molar-refractivity contribution in [3.63, 3.8) is 0 Å². The van der Waals surface area contributed by atoms with Crippen molar-refractivity contribution in [1.82, 2.24) is 9.55 Å². The first-order valence-electron chi connectivity index (χ1n) is 11.7. The van der Waals surface area contributed by atoms with Gasteiger partial charge in [0.2, 0.25) is 0 Å². The maximum Gasteiger partial charge on any atom is 0.314 e. The van der Waals surface area contributed by atoms with Crippen molar-refractivity contribution in [2.24, 2.45) is 5.92 Å². The van der Waals surface area contributed by atoms with Gasteiger partial charge in [-0.3, -0.25) is 9.36 Å². The fraction of sp³-hybridized carbons (Fsp3) is 0.385. The molecule has 0 aliphatic carbocycles. The zero-order valence-electron chi connectivity index (χ0n) is 20.7. The summed E-state index contributed by atoms with van der Waals surface area (Å²) in [4.78, 5) is 17.7. The SMILES string of the molecule is CCC(COC)C1COc2c(C)c(-c3ccc(F)c4sc(N)c(C)c34)c(F)c3nc(OC)c(=O)n1c23. The third kappa shape index (κ3) is 3.38. The van der Waals surface area contributed by atoms with E-state index in [1.54, 1.807) is 31.6 Å². The normalized spacial score (nSPS) is 15.9. The molecule has 2 aromatic heterocycles. The molecule has 7 nitrogen and oxygen atoms in total. The number of rotatable bonds is 6. The number of benzene rings is 2. The third-order valence-electron chi connectivity index (χ3n) is 7.15. The molecular weight excluding hydrogens is 488 g/mol. The number of nitrogens with two attached hydrogens (primary N) is 1. The number of methoxy groups -OCH3 is 2. The van der Waals surface area contributed by atoms with Gasteiger partial charge in [0.25, 0.3) is 5.88 Å². The summed E-state index contributed by atoms with van der Waals surface area (Å²) < 4.78 is 49.9. The highest BCUT2D eigenvalue weighted by Crippen LogP contribution is 2.47. The number of aryl methyl sites for hydroxylation is 1. The van der Waals surface area contributed by atoms with Crippen LogP contribution in [0.15, 0.2) is 16.9 Å². The first kappa shape index (κ1) is 24.5. The molecule has 5 rings (SSSR count). The number of nitrogens with zero attached hydrogens (tertiary/aromatic N) is 2. The Bertz CT molecular complexity index is 1580. The van der Waals surface area contributed by atoms with Gasteiger partial charge in [0.05, 0.1) is 29.5 Å². The maximum atomic E-state index is 16.5. The lowest BCUT2D eigenvalue weighted by Gasteiger charge is -2.34. The minimum atomic E-state index is -0.639. The number of halogens is 2. The number of aromatic nitrogens is 2. The van der Waals surface area contributed by atoms with Crippen molar-refractivity contribution in [2.75, 3.05) is 33.2 Å². The molecule has 0 saturated carbocycles. The molecule has 0 saturated heterocycles. The van der Waals surface area contributed by atoms with Gasteiger partial charge in [-0.1, -0.05) is 13.0 Å². The quantitative estimate of drug-likeness (QED) is 0.371. The zero-order valence-corrected chi connectivity index (χ0v) is 21.5. The van der Waals surface area contributed by atoms with E-state index < -0.39 is 23.2 Å². The van der Waals surface area contributed by atoms with E-state index in [0.29, 0.717) is 44.1 Å². The number of hydrogen-bond acceptors (Lipinski definition) is 7. The van der Waals surface area contributed by atoms with E-state index in [9.17, 15) is 9.18 Å². The molecule has 190 valence electrons. The second-order valence-electron chi connectivity index (χ2n) is 9.03. The van der Waals surface area contributed by atoms with Crippen LogP contribution in [-0.2, 0) is 4.74 Å². The van der Waals surface area contributed by atoms with E-state index in [1.165, 1.54) is 13.2 Å². The Hall–Kier alpha value is -3.24. The summed E-state index contributed by atoms with van der Waals surface area (Å²) in [5.74, 6) is -0.945. The van der Waals surface area contributed by atoms with Gasteiger partial charge in [-0.15, -0.1) is 11.3 Å². The van der Waals surface area contributed by atoms with Crippen molar-refractivity contribution < 1.29 is 23.0 Å². The average molecular weight is 516 g/mol. The lowest BCUT2D eigenvalue weighted by molar-refractivity contribution is 0.0910. The number of hydrogen-bond donors (Lipinski definition) is 1. The van der Waals surface area contributed by atoms with Crippen LogP contribution in [0.5, 0.6) is 11.6 Å². The average Bonchev–Trinajstić information content (AvgIpc) is 3.18. The van der Waals surface area contributed by atoms with E-state index in [4.69, 9.17) is 19.9 Å². The maximum absolute atomic E-state index is 16.5. The fourth-order valence-electron chi connectivity index (χ4n) is 5.26. The van der Waals surface area contributed by atoms with Gasteiger partial charge in [0.15, 0.2) is 5.82 Å². The van der Waals surface area contributed by atoms with Gasteiger partial charge in [-0.25, -0.2) is 13.8 Å². The van der Waals surface area contributed by atoms with Crippen molar-refractivity contribution in [2.45, 2.75) is 33.2 Å². The third-order valence-corrected chi connectivity index (χ3v) is 8.28. The zero-order chi connectivity index (χ0) is 25.9. The highest BCUT2D eigenvalue weighted by Gasteiger charge is 2.35. The topological polar surface area (TPSA) is 88.6 Å². The minimum absolute atomic E-state index is 0.0441. The Morgan fingerprint density at radius 2 is 2.03 bits per heavy atom. The lowest BCUT2D eigenvalue weighted by Crippen LogP contribution is -2.39. The molecule has 2 unspecified atom stereocenters. The van der Waals surface area contributed by atoms with Gasteiger partial charge in [0.1, 0.15) is 29.2 Å². The molecule has 0 fully saturated rings. The highest BCUT2D eigenvalue weighted by molar-refractivity contribution is 7.23. The van der Waals surface area contributed by atoms with Crippen molar-refractivity contribution in [3.05, 3.63) is 45.2 Å². The molecule has 2 aromatic carbocycles. The molecule has 1 aliphatic rings. The lowest BCUT2D eigenvalue weighted by atomic mass is 9.92. The van der Waals surface area contributed by atoms with Gasteiger partial charge in [-0.2, -0.15) is 0 Å². The van der Waals surface area contributed by atoms with E-state index in [2.05, 4.69) is 4.98 Å². The molecule has 0 radical (unpaired) electrons. The van der Waals surface area contributed by atoms with Gasteiger partial charge < -0.3 is 19.9 Å². The van der Waals surface area contributed by atoms with Crippen molar-refractivity contribution in [3.8, 4) is 22.8 Å². The van der Waals surface area contributed by atoms with Crippen LogP contribution in [0, 0.1) is 31.4 Å². The predicted molar refractivity (Wildman–Crippen MR) is 137 cm³/mol. The Kier molecular flexibility index (Phi) is 6.12. The summed E-state index contributed by atoms with van der Waals surface area (Å²) in [7, 11) is 2.93. The predicted octanol–water partition coefficient (Wildman–Crippen LogP) is 5.37. The second-order valence-corrected chi connectivity index (χ2v) is 10.1. The Labute approximate surface area is 210 Å². The van der Waals surface area contributed by atoms with E-state index in [0.717, 1.165) is 17.8 Å². The van der Waals surface area contributed by atoms with Crippen LogP contribution < -0.4 is 20.8 Å². The van der Waals surface area contributed by atoms with Gasteiger partial charge in [0, 0.05) is 29.5 Å². The second kappa shape index (κ2) is 9.01. The molecule has 2 atom stereocenters. The largest absolute Gasteiger partial charge is 0.489 e. The number of ether oxygens (including phenoxy) is 3. The minimum Gasteiger partial charge on any atom is -0.489 e. The number of anilines is 1.